The maximum Gasteiger partial charge on any atom is 0.341 e. The molecule has 0 saturated carbocycles. The van der Waals surface area contributed by atoms with Crippen molar-refractivity contribution in [3.8, 4) is 11.8 Å². The number of nitriles is 1. The van der Waals surface area contributed by atoms with Crippen LogP contribution in [0.15, 0.2) is 12.1 Å². The molecular formula is C11H11NO3. The molecule has 4 nitrogen and oxygen atoms in total. The fourth-order valence-corrected chi connectivity index (χ4v) is 1.34. The SMILES string of the molecule is COC(=O)c1c(C)ccc(C#N)c1OC. The van der Waals surface area contributed by atoms with Crippen LogP contribution in [0.25, 0.3) is 0 Å². The van der Waals surface area contributed by atoms with E-state index in [1.54, 1.807) is 19.1 Å². The third kappa shape index (κ3) is 1.91. The van der Waals surface area contributed by atoms with Crippen LogP contribution in [0.3, 0.4) is 0 Å². The summed E-state index contributed by atoms with van der Waals surface area (Å²) in [5.74, 6) is -0.231. The first kappa shape index (κ1) is 11.1. The number of rotatable bonds is 2. The van der Waals surface area contributed by atoms with Gasteiger partial charge in [-0.05, 0) is 18.6 Å². The number of nitrogens with zero attached hydrogens (tertiary/aromatic N) is 1. The molecule has 0 aliphatic heterocycles. The van der Waals surface area contributed by atoms with Crippen LogP contribution in [0.1, 0.15) is 21.5 Å². The van der Waals surface area contributed by atoms with Crippen LogP contribution in [0.5, 0.6) is 5.75 Å². The van der Waals surface area contributed by atoms with Gasteiger partial charge in [-0.3, -0.25) is 0 Å². The minimum atomic E-state index is -0.499. The van der Waals surface area contributed by atoms with Gasteiger partial charge >= 0.3 is 5.97 Å². The highest BCUT2D eigenvalue weighted by atomic mass is 16.5. The molecule has 0 N–H and O–H groups in total. The van der Waals surface area contributed by atoms with E-state index < -0.39 is 5.97 Å². The quantitative estimate of drug-likeness (QED) is 0.689. The summed E-state index contributed by atoms with van der Waals surface area (Å²) in [6.07, 6.45) is 0. The van der Waals surface area contributed by atoms with Crippen LogP contribution in [0.4, 0.5) is 0 Å². The van der Waals surface area contributed by atoms with Crippen molar-refractivity contribution < 1.29 is 14.3 Å². The summed E-state index contributed by atoms with van der Waals surface area (Å²) >= 11 is 0. The Bertz CT molecular complexity index is 432. The highest BCUT2D eigenvalue weighted by Crippen LogP contribution is 2.26. The van der Waals surface area contributed by atoms with Gasteiger partial charge in [-0.2, -0.15) is 5.26 Å². The fraction of sp³-hybridized carbons (Fsp3) is 0.273. The van der Waals surface area contributed by atoms with Crippen molar-refractivity contribution in [2.45, 2.75) is 6.92 Å². The van der Waals surface area contributed by atoms with E-state index >= 15 is 0 Å². The Kier molecular flexibility index (Phi) is 3.29. The Hall–Kier alpha value is -2.02. The van der Waals surface area contributed by atoms with E-state index in [1.807, 2.05) is 6.07 Å². The lowest BCUT2D eigenvalue weighted by atomic mass is 10.0. The standard InChI is InChI=1S/C11H11NO3/c1-7-4-5-8(6-12)10(14-2)9(7)11(13)15-3/h4-5H,1-3H3. The molecule has 4 heteroatoms. The maximum atomic E-state index is 11.5. The monoisotopic (exact) mass is 205 g/mol. The van der Waals surface area contributed by atoms with E-state index in [1.165, 1.54) is 14.2 Å². The second kappa shape index (κ2) is 4.47. The lowest BCUT2D eigenvalue weighted by Crippen LogP contribution is -2.07. The van der Waals surface area contributed by atoms with Gasteiger partial charge in [-0.25, -0.2) is 4.79 Å². The lowest BCUT2D eigenvalue weighted by Gasteiger charge is -2.10. The van der Waals surface area contributed by atoms with Gasteiger partial charge in [0.1, 0.15) is 11.6 Å². The number of aryl methyl sites for hydroxylation is 1. The number of carbonyl (C=O) groups is 1. The number of carbonyl (C=O) groups excluding carboxylic acids is 1. The number of hydrogen-bond acceptors (Lipinski definition) is 4. The minimum Gasteiger partial charge on any atom is -0.494 e. The first-order chi connectivity index (χ1) is 7.15. The number of hydrogen-bond donors (Lipinski definition) is 0. The predicted molar refractivity (Wildman–Crippen MR) is 53.8 cm³/mol. The summed E-state index contributed by atoms with van der Waals surface area (Å²) in [5, 5.41) is 8.84. The molecule has 0 aromatic heterocycles. The molecule has 0 spiro atoms. The molecule has 0 aliphatic carbocycles. The molecule has 15 heavy (non-hydrogen) atoms. The van der Waals surface area contributed by atoms with Crippen molar-refractivity contribution in [1.82, 2.24) is 0 Å². The summed E-state index contributed by atoms with van der Waals surface area (Å²) in [6.45, 7) is 1.76. The van der Waals surface area contributed by atoms with E-state index in [0.29, 0.717) is 11.1 Å². The molecule has 0 atom stereocenters. The second-order valence-electron chi connectivity index (χ2n) is 2.94. The van der Waals surface area contributed by atoms with E-state index in [0.717, 1.165) is 5.56 Å². The van der Waals surface area contributed by atoms with E-state index in [4.69, 9.17) is 10.00 Å². The lowest BCUT2D eigenvalue weighted by molar-refractivity contribution is 0.0596. The molecule has 1 aromatic carbocycles. The van der Waals surface area contributed by atoms with Gasteiger partial charge < -0.3 is 9.47 Å². The Morgan fingerprint density at radius 1 is 1.40 bits per heavy atom. The summed E-state index contributed by atoms with van der Waals surface area (Å²) in [5.41, 5.74) is 1.35. The van der Waals surface area contributed by atoms with Gasteiger partial charge in [0.2, 0.25) is 0 Å². The average Bonchev–Trinajstić information content (AvgIpc) is 2.27. The Morgan fingerprint density at radius 3 is 2.53 bits per heavy atom. The van der Waals surface area contributed by atoms with Gasteiger partial charge in [0, 0.05) is 0 Å². The van der Waals surface area contributed by atoms with Crippen molar-refractivity contribution in [2.75, 3.05) is 14.2 Å². The van der Waals surface area contributed by atoms with Gasteiger partial charge in [-0.15, -0.1) is 0 Å². The zero-order valence-corrected chi connectivity index (χ0v) is 8.83. The number of ether oxygens (including phenoxy) is 2. The molecule has 0 bridgehead atoms. The molecule has 0 saturated heterocycles. The van der Waals surface area contributed by atoms with Crippen LogP contribution in [-0.2, 0) is 4.74 Å². The van der Waals surface area contributed by atoms with Crippen LogP contribution < -0.4 is 4.74 Å². The van der Waals surface area contributed by atoms with Gasteiger partial charge in [0.05, 0.1) is 19.8 Å². The van der Waals surface area contributed by atoms with Crippen molar-refractivity contribution in [3.63, 3.8) is 0 Å². The Morgan fingerprint density at radius 2 is 2.07 bits per heavy atom. The Balaban J connectivity index is 3.47. The molecule has 0 amide bonds. The third-order valence-corrected chi connectivity index (χ3v) is 2.08. The van der Waals surface area contributed by atoms with Crippen molar-refractivity contribution in [2.24, 2.45) is 0 Å². The molecular weight excluding hydrogens is 194 g/mol. The van der Waals surface area contributed by atoms with E-state index in [2.05, 4.69) is 4.74 Å². The minimum absolute atomic E-state index is 0.268. The number of benzene rings is 1. The molecule has 0 radical (unpaired) electrons. The topological polar surface area (TPSA) is 59.3 Å². The first-order valence-electron chi connectivity index (χ1n) is 4.31. The van der Waals surface area contributed by atoms with Crippen LogP contribution in [-0.4, -0.2) is 20.2 Å². The van der Waals surface area contributed by atoms with E-state index in [9.17, 15) is 4.79 Å². The smallest absolute Gasteiger partial charge is 0.341 e. The van der Waals surface area contributed by atoms with Crippen LogP contribution in [0.2, 0.25) is 0 Å². The van der Waals surface area contributed by atoms with Crippen molar-refractivity contribution in [3.05, 3.63) is 28.8 Å². The molecule has 1 rings (SSSR count). The fourth-order valence-electron chi connectivity index (χ4n) is 1.34. The summed E-state index contributed by atoms with van der Waals surface area (Å²) in [6, 6.07) is 5.26. The van der Waals surface area contributed by atoms with Gasteiger partial charge in [-0.1, -0.05) is 6.07 Å². The highest BCUT2D eigenvalue weighted by Gasteiger charge is 2.18. The largest absolute Gasteiger partial charge is 0.494 e. The summed E-state index contributed by atoms with van der Waals surface area (Å²) < 4.78 is 9.68. The second-order valence-corrected chi connectivity index (χ2v) is 2.94. The molecule has 1 aromatic rings. The van der Waals surface area contributed by atoms with Crippen LogP contribution in [0, 0.1) is 18.3 Å². The normalized spacial score (nSPS) is 9.20. The summed E-state index contributed by atoms with van der Waals surface area (Å²) in [7, 11) is 2.71. The molecule has 0 unspecified atom stereocenters. The zero-order chi connectivity index (χ0) is 11.4. The highest BCUT2D eigenvalue weighted by molar-refractivity contribution is 5.95. The third-order valence-electron chi connectivity index (χ3n) is 2.08. The molecule has 0 heterocycles. The molecule has 78 valence electrons. The van der Waals surface area contributed by atoms with Gasteiger partial charge in [0.25, 0.3) is 0 Å². The molecule has 0 aliphatic rings. The van der Waals surface area contributed by atoms with Gasteiger partial charge in [0.15, 0.2) is 5.75 Å². The average molecular weight is 205 g/mol. The zero-order valence-electron chi connectivity index (χ0n) is 8.83. The first-order valence-corrected chi connectivity index (χ1v) is 4.31. The molecule has 0 fully saturated rings. The maximum absolute atomic E-state index is 11.5. The van der Waals surface area contributed by atoms with Crippen LogP contribution >= 0.6 is 0 Å². The Labute approximate surface area is 88.0 Å². The summed E-state index contributed by atoms with van der Waals surface area (Å²) in [4.78, 5) is 11.5. The van der Waals surface area contributed by atoms with Crippen molar-refractivity contribution >= 4 is 5.97 Å². The predicted octanol–water partition coefficient (Wildman–Crippen LogP) is 1.66. The number of esters is 1. The van der Waals surface area contributed by atoms with Crippen molar-refractivity contribution in [1.29, 1.82) is 5.26 Å². The number of methoxy groups -OCH3 is 2. The van der Waals surface area contributed by atoms with E-state index in [-0.39, 0.29) is 5.75 Å².